The Kier molecular flexibility index (Phi) is 9.84. The molecule has 0 radical (unpaired) electrons. The molecule has 1 aromatic carbocycles. The van der Waals surface area contributed by atoms with Crippen molar-refractivity contribution in [2.24, 2.45) is 0 Å². The molecule has 2 aromatic rings. The number of aromatic amines is 1. The number of hydrogen-bond donors (Lipinski definition) is 1. The summed E-state index contributed by atoms with van der Waals surface area (Å²) in [5.41, 5.74) is 7.45. The molecule has 2 aliphatic rings. The number of hydrogen-bond acceptors (Lipinski definition) is 0. The maximum atomic E-state index is 3.45. The van der Waals surface area contributed by atoms with Crippen LogP contribution in [0.15, 0.2) is 36.0 Å². The summed E-state index contributed by atoms with van der Waals surface area (Å²) in [7, 11) is 0. The molecule has 1 aromatic heterocycles. The zero-order chi connectivity index (χ0) is 17.5. The largest absolute Gasteiger partial charge is 4.00 e. The van der Waals surface area contributed by atoms with E-state index in [1.807, 2.05) is 0 Å². The van der Waals surface area contributed by atoms with Gasteiger partial charge in [-0.2, -0.15) is 23.3 Å². The van der Waals surface area contributed by atoms with Gasteiger partial charge in [0.05, 0.1) is 0 Å². The third kappa shape index (κ3) is 5.85. The van der Waals surface area contributed by atoms with E-state index in [4.69, 9.17) is 0 Å². The molecule has 0 spiro atoms. The van der Waals surface area contributed by atoms with Crippen LogP contribution < -0.4 is 24.8 Å². The Hall–Kier alpha value is -0.297. The summed E-state index contributed by atoms with van der Waals surface area (Å²) in [5.74, 6) is 0.756. The molecular formula is C23H29Cl2NZr. The van der Waals surface area contributed by atoms with Gasteiger partial charge in [0.25, 0.3) is 0 Å². The molecule has 1 heterocycles. The predicted octanol–water partition coefficient (Wildman–Crippen LogP) is 0.0707. The van der Waals surface area contributed by atoms with Crippen LogP contribution in [0.2, 0.25) is 0 Å². The fourth-order valence-electron chi connectivity index (χ4n) is 3.52. The first kappa shape index (κ1) is 26.7. The van der Waals surface area contributed by atoms with Crippen molar-refractivity contribution in [1.29, 1.82) is 0 Å². The van der Waals surface area contributed by atoms with E-state index in [1.165, 1.54) is 40.7 Å². The minimum atomic E-state index is 0. The van der Waals surface area contributed by atoms with Gasteiger partial charge in [0.15, 0.2) is 0 Å². The summed E-state index contributed by atoms with van der Waals surface area (Å²) in [6.07, 6.45) is 11.4. The third-order valence-electron chi connectivity index (χ3n) is 5.00. The Morgan fingerprint density at radius 1 is 0.963 bits per heavy atom. The smallest absolute Gasteiger partial charge is 1.00 e. The first-order valence-electron chi connectivity index (χ1n) is 8.99. The zero-order valence-corrected chi connectivity index (χ0v) is 21.1. The number of nitrogens with one attached hydrogen (secondary N) is 1. The number of allylic oxidation sites excluding steroid dienone is 1. The minimum Gasteiger partial charge on any atom is -1.00 e. The van der Waals surface area contributed by atoms with Gasteiger partial charge in [0, 0.05) is 0 Å². The molecule has 0 saturated heterocycles. The minimum absolute atomic E-state index is 0. The molecule has 1 fully saturated rings. The molecule has 1 nitrogen and oxygen atoms in total. The van der Waals surface area contributed by atoms with Crippen LogP contribution >= 0.6 is 0 Å². The van der Waals surface area contributed by atoms with Crippen molar-refractivity contribution in [3.05, 3.63) is 70.6 Å². The van der Waals surface area contributed by atoms with Crippen molar-refractivity contribution in [3.63, 3.8) is 0 Å². The molecule has 0 bridgehead atoms. The number of halogens is 2. The summed E-state index contributed by atoms with van der Waals surface area (Å²) in [5, 5.41) is 0. The van der Waals surface area contributed by atoms with Crippen molar-refractivity contribution in [1.82, 2.24) is 4.98 Å². The summed E-state index contributed by atoms with van der Waals surface area (Å²) < 4.78 is 0. The van der Waals surface area contributed by atoms with E-state index in [1.54, 1.807) is 0 Å². The Labute approximate surface area is 196 Å². The Morgan fingerprint density at radius 2 is 1.59 bits per heavy atom. The standard InChI is InChI=1S/C12H20N.C11H9.2ClH.Zr/c1-11(2,3)9-7-13-8-10(9)12(4,5)6;1-2-4-10-8(3-1)7-9-5-6-11(9)10;;;/h7,13H,1-6H3;1-4,11H,5-6H2;2*1H;/q2*-1;;;+4/p-2. The normalized spacial score (nSPS) is 16.7. The molecule has 0 amide bonds. The van der Waals surface area contributed by atoms with Gasteiger partial charge < -0.3 is 29.8 Å². The van der Waals surface area contributed by atoms with Crippen LogP contribution in [0.25, 0.3) is 0 Å². The average molecular weight is 482 g/mol. The average Bonchev–Trinajstić information content (AvgIpc) is 3.02. The Bertz CT molecular complexity index is 735. The molecule has 2 aliphatic carbocycles. The first-order valence-corrected chi connectivity index (χ1v) is 8.99. The number of rotatable bonds is 0. The summed E-state index contributed by atoms with van der Waals surface area (Å²) in [6.45, 7) is 13.4. The van der Waals surface area contributed by atoms with E-state index in [0.29, 0.717) is 0 Å². The van der Waals surface area contributed by atoms with Crippen molar-refractivity contribution < 1.29 is 51.0 Å². The molecule has 1 saturated carbocycles. The van der Waals surface area contributed by atoms with Crippen LogP contribution in [-0.4, -0.2) is 4.98 Å². The van der Waals surface area contributed by atoms with Crippen LogP contribution in [-0.2, 0) is 37.0 Å². The quantitative estimate of drug-likeness (QED) is 0.513. The van der Waals surface area contributed by atoms with Crippen LogP contribution in [0.1, 0.15) is 82.6 Å². The molecule has 1 atom stereocenters. The number of H-pyrrole nitrogens is 1. The van der Waals surface area contributed by atoms with E-state index in [9.17, 15) is 0 Å². The van der Waals surface area contributed by atoms with Gasteiger partial charge in [0.2, 0.25) is 0 Å². The summed E-state index contributed by atoms with van der Waals surface area (Å²) >= 11 is 0. The summed E-state index contributed by atoms with van der Waals surface area (Å²) in [6, 6.07) is 8.62. The fraction of sp³-hybridized carbons (Fsp3) is 0.478. The van der Waals surface area contributed by atoms with Crippen LogP contribution in [0.3, 0.4) is 0 Å². The van der Waals surface area contributed by atoms with Crippen LogP contribution in [0.4, 0.5) is 0 Å². The second-order valence-electron chi connectivity index (χ2n) is 9.03. The van der Waals surface area contributed by atoms with Gasteiger partial charge >= 0.3 is 26.2 Å². The number of aromatic nitrogens is 1. The molecule has 27 heavy (non-hydrogen) atoms. The molecular weight excluding hydrogens is 452 g/mol. The second kappa shape index (κ2) is 9.95. The molecule has 4 heteroatoms. The first-order chi connectivity index (χ1) is 11.2. The van der Waals surface area contributed by atoms with E-state index in [2.05, 4.69) is 89.3 Å². The van der Waals surface area contributed by atoms with Gasteiger partial charge in [0.1, 0.15) is 0 Å². The maximum Gasteiger partial charge on any atom is 4.00 e. The second-order valence-corrected chi connectivity index (χ2v) is 9.03. The van der Waals surface area contributed by atoms with E-state index >= 15 is 0 Å². The van der Waals surface area contributed by atoms with E-state index < -0.39 is 0 Å². The van der Waals surface area contributed by atoms with Gasteiger partial charge in [-0.25, -0.2) is 0 Å². The van der Waals surface area contributed by atoms with Crippen LogP contribution in [0, 0.1) is 12.3 Å². The monoisotopic (exact) mass is 479 g/mol. The van der Waals surface area contributed by atoms with Crippen molar-refractivity contribution in [3.8, 4) is 0 Å². The van der Waals surface area contributed by atoms with Gasteiger partial charge in [-0.3, -0.25) is 0 Å². The Morgan fingerprint density at radius 3 is 2.07 bits per heavy atom. The van der Waals surface area contributed by atoms with Crippen molar-refractivity contribution in [2.75, 3.05) is 0 Å². The van der Waals surface area contributed by atoms with Gasteiger partial charge in [-0.15, -0.1) is 41.2 Å². The molecule has 4 rings (SSSR count). The Balaban J connectivity index is 0.000000453. The number of fused-ring (bicyclic) bond motifs is 3. The molecule has 0 aliphatic heterocycles. The van der Waals surface area contributed by atoms with Crippen LogP contribution in [0.5, 0.6) is 0 Å². The SMILES string of the molecule is CC(C)(C)c1[c-][nH]cc1C(C)(C)C.[C-]1=C2CCC2c2ccccc21.[Cl-].[Cl-].[Zr+4]. The van der Waals surface area contributed by atoms with Crippen molar-refractivity contribution >= 4 is 0 Å². The van der Waals surface area contributed by atoms with E-state index in [-0.39, 0.29) is 61.8 Å². The van der Waals surface area contributed by atoms with Gasteiger partial charge in [-0.1, -0.05) is 65.4 Å². The third-order valence-corrected chi connectivity index (χ3v) is 5.00. The molecule has 1 unspecified atom stereocenters. The molecule has 1 N–H and O–H groups in total. The zero-order valence-electron chi connectivity index (χ0n) is 17.1. The maximum absolute atomic E-state index is 3.45. The predicted molar refractivity (Wildman–Crippen MR) is 101 cm³/mol. The number of benzene rings is 1. The fourth-order valence-corrected chi connectivity index (χ4v) is 3.52. The molecule has 144 valence electrons. The van der Waals surface area contributed by atoms with Gasteiger partial charge in [-0.05, 0) is 11.8 Å². The van der Waals surface area contributed by atoms with Crippen molar-refractivity contribution in [2.45, 2.75) is 71.1 Å². The topological polar surface area (TPSA) is 15.8 Å². The van der Waals surface area contributed by atoms with E-state index in [0.717, 1.165) is 5.92 Å². The summed E-state index contributed by atoms with van der Waals surface area (Å²) in [4.78, 5) is 3.09.